The first-order chi connectivity index (χ1) is 7.50. The van der Waals surface area contributed by atoms with Crippen LogP contribution in [0.4, 0.5) is 0 Å². The highest BCUT2D eigenvalue weighted by Crippen LogP contribution is 2.33. The minimum Gasteiger partial charge on any atom is -0.300 e. The third kappa shape index (κ3) is 3.39. The molecule has 0 spiro atoms. The highest BCUT2D eigenvalue weighted by atomic mass is 15.2. The molecule has 0 aromatic heterocycles. The van der Waals surface area contributed by atoms with Gasteiger partial charge in [0.2, 0.25) is 0 Å². The van der Waals surface area contributed by atoms with E-state index >= 15 is 0 Å². The van der Waals surface area contributed by atoms with Crippen molar-refractivity contribution in [3.05, 3.63) is 10.4 Å². The summed E-state index contributed by atoms with van der Waals surface area (Å²) in [6, 6.07) is 0.515. The summed E-state index contributed by atoms with van der Waals surface area (Å²) >= 11 is 0. The molecule has 2 atom stereocenters. The first-order valence-corrected chi connectivity index (χ1v) is 6.28. The molecule has 0 unspecified atom stereocenters. The van der Waals surface area contributed by atoms with Crippen molar-refractivity contribution in [2.45, 2.75) is 59.0 Å². The average molecular weight is 224 g/mol. The molecule has 0 N–H and O–H groups in total. The Morgan fingerprint density at radius 1 is 1.50 bits per heavy atom. The highest BCUT2D eigenvalue weighted by molar-refractivity contribution is 4.94. The second-order valence-electron chi connectivity index (χ2n) is 5.71. The number of hydrogen-bond donors (Lipinski definition) is 0. The van der Waals surface area contributed by atoms with Crippen molar-refractivity contribution in [1.29, 1.82) is 0 Å². The molecule has 0 amide bonds. The van der Waals surface area contributed by atoms with Gasteiger partial charge in [0, 0.05) is 17.5 Å². The van der Waals surface area contributed by atoms with Crippen LogP contribution in [0.2, 0.25) is 0 Å². The van der Waals surface area contributed by atoms with Crippen molar-refractivity contribution in [1.82, 2.24) is 4.90 Å². The van der Waals surface area contributed by atoms with E-state index in [-0.39, 0.29) is 11.5 Å². The fourth-order valence-electron chi connectivity index (χ4n) is 2.59. The van der Waals surface area contributed by atoms with Gasteiger partial charge in [-0.3, -0.25) is 4.90 Å². The average Bonchev–Trinajstić information content (AvgIpc) is 2.21. The van der Waals surface area contributed by atoms with Crippen LogP contribution < -0.4 is 0 Å². The van der Waals surface area contributed by atoms with Crippen LogP contribution >= 0.6 is 0 Å². The number of hydrogen-bond acceptors (Lipinski definition) is 2. The molecular formula is C12H24N4. The maximum Gasteiger partial charge on any atom is 0.0532 e. The van der Waals surface area contributed by atoms with Crippen molar-refractivity contribution in [2.75, 3.05) is 13.1 Å². The summed E-state index contributed by atoms with van der Waals surface area (Å²) in [6.45, 7) is 11.2. The molecular weight excluding hydrogens is 200 g/mol. The molecule has 0 radical (unpaired) electrons. The Kier molecular flexibility index (Phi) is 4.63. The van der Waals surface area contributed by atoms with E-state index in [0.29, 0.717) is 6.04 Å². The lowest BCUT2D eigenvalue weighted by molar-refractivity contribution is 0.0544. The van der Waals surface area contributed by atoms with E-state index < -0.39 is 0 Å². The molecule has 92 valence electrons. The summed E-state index contributed by atoms with van der Waals surface area (Å²) in [6.07, 6.45) is 3.44. The number of piperidine rings is 1. The molecule has 0 aliphatic carbocycles. The van der Waals surface area contributed by atoms with E-state index in [4.69, 9.17) is 5.53 Å². The molecule has 0 bridgehead atoms. The molecule has 1 fully saturated rings. The van der Waals surface area contributed by atoms with Crippen LogP contribution in [0, 0.1) is 5.41 Å². The van der Waals surface area contributed by atoms with Crippen molar-refractivity contribution >= 4 is 0 Å². The van der Waals surface area contributed by atoms with Crippen LogP contribution in [0.3, 0.4) is 0 Å². The van der Waals surface area contributed by atoms with Gasteiger partial charge in [-0.25, -0.2) is 0 Å². The molecule has 0 aromatic carbocycles. The lowest BCUT2D eigenvalue weighted by Gasteiger charge is -2.45. The first kappa shape index (κ1) is 13.3. The zero-order valence-corrected chi connectivity index (χ0v) is 11.0. The normalized spacial score (nSPS) is 29.8. The van der Waals surface area contributed by atoms with Crippen LogP contribution in [0.5, 0.6) is 0 Å². The maximum atomic E-state index is 8.61. The summed E-state index contributed by atoms with van der Waals surface area (Å²) in [5.41, 5.74) is 8.87. The number of likely N-dealkylation sites (tertiary alicyclic amines) is 1. The van der Waals surface area contributed by atoms with Gasteiger partial charge in [0.15, 0.2) is 0 Å². The van der Waals surface area contributed by atoms with Crippen LogP contribution in [0.25, 0.3) is 10.4 Å². The predicted octanol–water partition coefficient (Wildman–Crippen LogP) is 3.59. The molecule has 1 rings (SSSR count). The lowest BCUT2D eigenvalue weighted by atomic mass is 9.79. The summed E-state index contributed by atoms with van der Waals surface area (Å²) in [4.78, 5) is 5.47. The number of nitrogens with zero attached hydrogens (tertiary/aromatic N) is 4. The van der Waals surface area contributed by atoms with Crippen molar-refractivity contribution in [2.24, 2.45) is 10.5 Å². The maximum absolute atomic E-state index is 8.61. The zero-order chi connectivity index (χ0) is 12.2. The van der Waals surface area contributed by atoms with E-state index in [1.54, 1.807) is 0 Å². The molecule has 4 nitrogen and oxygen atoms in total. The smallest absolute Gasteiger partial charge is 0.0532 e. The van der Waals surface area contributed by atoms with Crippen LogP contribution in [-0.4, -0.2) is 30.1 Å². The third-order valence-electron chi connectivity index (χ3n) is 3.52. The van der Waals surface area contributed by atoms with E-state index in [9.17, 15) is 0 Å². The lowest BCUT2D eigenvalue weighted by Crippen LogP contribution is -2.52. The van der Waals surface area contributed by atoms with Crippen LogP contribution in [0.15, 0.2) is 5.11 Å². The van der Waals surface area contributed by atoms with Gasteiger partial charge in [0.25, 0.3) is 0 Å². The second kappa shape index (κ2) is 5.55. The summed E-state index contributed by atoms with van der Waals surface area (Å²) in [5, 5.41) is 3.96. The molecule has 1 heterocycles. The summed E-state index contributed by atoms with van der Waals surface area (Å²) in [5.74, 6) is 0. The minimum atomic E-state index is 0.130. The number of unbranched alkanes of at least 4 members (excludes halogenated alkanes) is 1. The Labute approximate surface area is 98.6 Å². The van der Waals surface area contributed by atoms with Gasteiger partial charge in [-0.05, 0) is 37.3 Å². The van der Waals surface area contributed by atoms with E-state index in [1.807, 2.05) is 0 Å². The number of azide groups is 1. The van der Waals surface area contributed by atoms with Gasteiger partial charge in [-0.2, -0.15) is 0 Å². The number of rotatable bonds is 4. The Bertz CT molecular complexity index is 268. The SMILES string of the molecule is CCCCN1CC(C)(C)C[C@@H](N=[N+]=[N-])[C@@H]1C. The molecule has 1 aliphatic rings. The van der Waals surface area contributed by atoms with Gasteiger partial charge in [0.05, 0.1) is 6.04 Å². The predicted molar refractivity (Wildman–Crippen MR) is 67.3 cm³/mol. The van der Waals surface area contributed by atoms with E-state index in [1.165, 1.54) is 12.8 Å². The molecule has 1 aliphatic heterocycles. The largest absolute Gasteiger partial charge is 0.300 e. The fraction of sp³-hybridized carbons (Fsp3) is 1.00. The van der Waals surface area contributed by atoms with Gasteiger partial charge in [-0.1, -0.05) is 32.3 Å². The Balaban J connectivity index is 2.72. The van der Waals surface area contributed by atoms with Crippen LogP contribution in [0.1, 0.15) is 47.0 Å². The molecule has 4 heteroatoms. The van der Waals surface area contributed by atoms with Gasteiger partial charge in [-0.15, -0.1) is 0 Å². The van der Waals surface area contributed by atoms with E-state index in [2.05, 4.69) is 42.6 Å². The minimum absolute atomic E-state index is 0.130. The van der Waals surface area contributed by atoms with Gasteiger partial charge < -0.3 is 0 Å². The summed E-state index contributed by atoms with van der Waals surface area (Å²) < 4.78 is 0. The van der Waals surface area contributed by atoms with E-state index in [0.717, 1.165) is 19.5 Å². The van der Waals surface area contributed by atoms with Crippen molar-refractivity contribution in [3.63, 3.8) is 0 Å². The summed E-state index contributed by atoms with van der Waals surface area (Å²) in [7, 11) is 0. The Morgan fingerprint density at radius 3 is 2.75 bits per heavy atom. The fourth-order valence-corrected chi connectivity index (χ4v) is 2.59. The monoisotopic (exact) mass is 224 g/mol. The zero-order valence-electron chi connectivity index (χ0n) is 11.0. The molecule has 16 heavy (non-hydrogen) atoms. The standard InChI is InChI=1S/C12H24N4/c1-5-6-7-16-9-12(3,4)8-11(10(16)2)14-15-13/h10-11H,5-9H2,1-4H3/t10-,11+/m0/s1. The quantitative estimate of drug-likeness (QED) is 0.409. The highest BCUT2D eigenvalue weighted by Gasteiger charge is 2.36. The van der Waals surface area contributed by atoms with Crippen molar-refractivity contribution < 1.29 is 0 Å². The van der Waals surface area contributed by atoms with Crippen LogP contribution in [-0.2, 0) is 0 Å². The first-order valence-electron chi connectivity index (χ1n) is 6.28. The second-order valence-corrected chi connectivity index (χ2v) is 5.71. The van der Waals surface area contributed by atoms with Gasteiger partial charge >= 0.3 is 0 Å². The third-order valence-corrected chi connectivity index (χ3v) is 3.52. The Morgan fingerprint density at radius 2 is 2.19 bits per heavy atom. The van der Waals surface area contributed by atoms with Crippen molar-refractivity contribution in [3.8, 4) is 0 Å². The molecule has 0 aromatic rings. The molecule has 0 saturated carbocycles. The van der Waals surface area contributed by atoms with Gasteiger partial charge in [0.1, 0.15) is 0 Å². The molecule has 1 saturated heterocycles. The Hall–Kier alpha value is -0.730. The topological polar surface area (TPSA) is 52.0 Å².